The standard InChI is InChI=1S/C13H20N4O2/c1-10(13(18-2)19-3)14-8-7-12-16-15-11-6-4-5-9-17(11)12/h4-6,9-10,13-14H,7-8H2,1-3H3. The summed E-state index contributed by atoms with van der Waals surface area (Å²) < 4.78 is 12.4. The van der Waals surface area contributed by atoms with Crippen molar-refractivity contribution in [2.24, 2.45) is 0 Å². The Labute approximate surface area is 112 Å². The van der Waals surface area contributed by atoms with Crippen molar-refractivity contribution < 1.29 is 9.47 Å². The first-order valence-electron chi connectivity index (χ1n) is 6.34. The Morgan fingerprint density at radius 3 is 2.79 bits per heavy atom. The second-order valence-electron chi connectivity index (χ2n) is 4.38. The highest BCUT2D eigenvalue weighted by Crippen LogP contribution is 2.03. The van der Waals surface area contributed by atoms with Crippen LogP contribution in [0.5, 0.6) is 0 Å². The lowest BCUT2D eigenvalue weighted by Gasteiger charge is -2.21. The predicted octanol–water partition coefficient (Wildman–Crippen LogP) is 0.869. The average Bonchev–Trinajstić information content (AvgIpc) is 2.84. The molecule has 6 heteroatoms. The highest BCUT2D eigenvalue weighted by Gasteiger charge is 2.15. The molecule has 0 radical (unpaired) electrons. The third-order valence-corrected chi connectivity index (χ3v) is 3.07. The molecule has 0 spiro atoms. The van der Waals surface area contributed by atoms with Crippen molar-refractivity contribution in [3.05, 3.63) is 30.2 Å². The Bertz CT molecular complexity index is 510. The van der Waals surface area contributed by atoms with Crippen LogP contribution in [0.2, 0.25) is 0 Å². The number of nitrogens with zero attached hydrogens (tertiary/aromatic N) is 3. The summed E-state index contributed by atoms with van der Waals surface area (Å²) in [6, 6.07) is 5.99. The van der Waals surface area contributed by atoms with Gasteiger partial charge in [0.2, 0.25) is 0 Å². The smallest absolute Gasteiger partial charge is 0.171 e. The van der Waals surface area contributed by atoms with E-state index in [-0.39, 0.29) is 12.3 Å². The van der Waals surface area contributed by atoms with Gasteiger partial charge in [-0.3, -0.25) is 4.40 Å². The summed E-state index contributed by atoms with van der Waals surface area (Å²) >= 11 is 0. The Morgan fingerprint density at radius 2 is 2.05 bits per heavy atom. The third-order valence-electron chi connectivity index (χ3n) is 3.07. The lowest BCUT2D eigenvalue weighted by Crippen LogP contribution is -2.40. The molecule has 0 aliphatic carbocycles. The van der Waals surface area contributed by atoms with E-state index in [1.807, 2.05) is 35.7 Å². The molecule has 2 rings (SSSR count). The third kappa shape index (κ3) is 3.28. The first-order chi connectivity index (χ1) is 9.26. The van der Waals surface area contributed by atoms with Crippen molar-refractivity contribution in [1.82, 2.24) is 19.9 Å². The van der Waals surface area contributed by atoms with Crippen LogP contribution < -0.4 is 5.32 Å². The molecule has 0 amide bonds. The van der Waals surface area contributed by atoms with Crippen LogP contribution >= 0.6 is 0 Å². The molecule has 19 heavy (non-hydrogen) atoms. The molecule has 104 valence electrons. The van der Waals surface area contributed by atoms with Crippen LogP contribution in [0.1, 0.15) is 12.7 Å². The van der Waals surface area contributed by atoms with Gasteiger partial charge in [0.15, 0.2) is 11.9 Å². The van der Waals surface area contributed by atoms with Gasteiger partial charge in [0.05, 0.1) is 6.04 Å². The number of pyridine rings is 1. The number of nitrogens with one attached hydrogen (secondary N) is 1. The second-order valence-corrected chi connectivity index (χ2v) is 4.38. The van der Waals surface area contributed by atoms with Gasteiger partial charge in [0, 0.05) is 33.4 Å². The van der Waals surface area contributed by atoms with Gasteiger partial charge >= 0.3 is 0 Å². The number of fused-ring (bicyclic) bond motifs is 1. The minimum absolute atomic E-state index is 0.120. The number of hydrogen-bond donors (Lipinski definition) is 1. The Hall–Kier alpha value is -1.50. The van der Waals surface area contributed by atoms with Crippen molar-refractivity contribution in [2.75, 3.05) is 20.8 Å². The Morgan fingerprint density at radius 1 is 1.26 bits per heavy atom. The van der Waals surface area contributed by atoms with Gasteiger partial charge in [0.25, 0.3) is 0 Å². The lowest BCUT2D eigenvalue weighted by molar-refractivity contribution is -0.119. The topological polar surface area (TPSA) is 60.7 Å². The molecular weight excluding hydrogens is 244 g/mol. The summed E-state index contributed by atoms with van der Waals surface area (Å²) in [6.45, 7) is 2.82. The normalized spacial score (nSPS) is 13.3. The van der Waals surface area contributed by atoms with Crippen LogP contribution in [0.15, 0.2) is 24.4 Å². The quantitative estimate of drug-likeness (QED) is 0.752. The molecule has 1 atom stereocenters. The SMILES string of the molecule is COC(OC)C(C)NCCc1nnc2ccccn12. The molecule has 0 aliphatic heterocycles. The van der Waals surface area contributed by atoms with Crippen molar-refractivity contribution in [2.45, 2.75) is 25.7 Å². The molecular formula is C13H20N4O2. The number of hydrogen-bond acceptors (Lipinski definition) is 5. The van der Waals surface area contributed by atoms with Crippen LogP contribution in [0.4, 0.5) is 0 Å². The fraction of sp³-hybridized carbons (Fsp3) is 0.538. The van der Waals surface area contributed by atoms with Crippen molar-refractivity contribution >= 4 is 5.65 Å². The highest BCUT2D eigenvalue weighted by molar-refractivity contribution is 5.36. The maximum Gasteiger partial charge on any atom is 0.171 e. The van der Waals surface area contributed by atoms with Crippen LogP contribution in [-0.4, -0.2) is 47.7 Å². The van der Waals surface area contributed by atoms with E-state index in [0.29, 0.717) is 0 Å². The van der Waals surface area contributed by atoms with Crippen LogP contribution in [-0.2, 0) is 15.9 Å². The molecule has 2 aromatic rings. The summed E-state index contributed by atoms with van der Waals surface area (Å²) in [5.74, 6) is 0.946. The van der Waals surface area contributed by atoms with Gasteiger partial charge in [-0.05, 0) is 19.1 Å². The number of ether oxygens (including phenoxy) is 2. The fourth-order valence-electron chi connectivity index (χ4n) is 2.07. The summed E-state index contributed by atoms with van der Waals surface area (Å²) in [5.41, 5.74) is 0.872. The maximum atomic E-state index is 5.20. The van der Waals surface area contributed by atoms with Crippen molar-refractivity contribution in [3.63, 3.8) is 0 Å². The van der Waals surface area contributed by atoms with E-state index in [9.17, 15) is 0 Å². The molecule has 0 bridgehead atoms. The van der Waals surface area contributed by atoms with Crippen molar-refractivity contribution in [1.29, 1.82) is 0 Å². The van der Waals surface area contributed by atoms with Gasteiger partial charge in [-0.1, -0.05) is 6.07 Å². The van der Waals surface area contributed by atoms with E-state index in [2.05, 4.69) is 15.5 Å². The zero-order chi connectivity index (χ0) is 13.7. The lowest BCUT2D eigenvalue weighted by atomic mass is 10.3. The van der Waals surface area contributed by atoms with E-state index in [0.717, 1.165) is 24.4 Å². The van der Waals surface area contributed by atoms with E-state index < -0.39 is 0 Å². The molecule has 0 saturated carbocycles. The molecule has 0 aliphatic rings. The van der Waals surface area contributed by atoms with Crippen molar-refractivity contribution in [3.8, 4) is 0 Å². The van der Waals surface area contributed by atoms with Gasteiger partial charge in [-0.2, -0.15) is 0 Å². The van der Waals surface area contributed by atoms with Crippen LogP contribution in [0.25, 0.3) is 5.65 Å². The van der Waals surface area contributed by atoms with Gasteiger partial charge < -0.3 is 14.8 Å². The summed E-state index contributed by atoms with van der Waals surface area (Å²) in [5, 5.41) is 11.7. The van der Waals surface area contributed by atoms with E-state index >= 15 is 0 Å². The van der Waals surface area contributed by atoms with E-state index in [4.69, 9.17) is 9.47 Å². The van der Waals surface area contributed by atoms with Crippen LogP contribution in [0, 0.1) is 0 Å². The van der Waals surface area contributed by atoms with Gasteiger partial charge in [-0.15, -0.1) is 10.2 Å². The first kappa shape index (κ1) is 13.9. The number of rotatable bonds is 7. The number of aromatic nitrogens is 3. The molecule has 0 fully saturated rings. The molecule has 6 nitrogen and oxygen atoms in total. The summed E-state index contributed by atoms with van der Waals surface area (Å²) in [4.78, 5) is 0. The summed E-state index contributed by atoms with van der Waals surface area (Å²) in [7, 11) is 3.27. The minimum Gasteiger partial charge on any atom is -0.354 e. The highest BCUT2D eigenvalue weighted by atomic mass is 16.7. The molecule has 1 N–H and O–H groups in total. The predicted molar refractivity (Wildman–Crippen MR) is 72.0 cm³/mol. The summed E-state index contributed by atoms with van der Waals surface area (Å²) in [6.07, 6.45) is 2.53. The average molecular weight is 264 g/mol. The Balaban J connectivity index is 1.89. The second kappa shape index (κ2) is 6.60. The number of methoxy groups -OCH3 is 2. The van der Waals surface area contributed by atoms with E-state index in [1.54, 1.807) is 14.2 Å². The Kier molecular flexibility index (Phi) is 4.84. The molecule has 2 aromatic heterocycles. The minimum atomic E-state index is -0.241. The zero-order valence-corrected chi connectivity index (χ0v) is 11.5. The fourth-order valence-corrected chi connectivity index (χ4v) is 2.07. The van der Waals surface area contributed by atoms with Crippen LogP contribution in [0.3, 0.4) is 0 Å². The van der Waals surface area contributed by atoms with Gasteiger partial charge in [0.1, 0.15) is 5.82 Å². The van der Waals surface area contributed by atoms with E-state index in [1.165, 1.54) is 0 Å². The monoisotopic (exact) mass is 264 g/mol. The zero-order valence-electron chi connectivity index (χ0n) is 11.5. The molecule has 0 aromatic carbocycles. The molecule has 2 heterocycles. The molecule has 0 saturated heterocycles. The molecule has 1 unspecified atom stereocenters. The first-order valence-corrected chi connectivity index (χ1v) is 6.34. The van der Waals surface area contributed by atoms with Gasteiger partial charge in [-0.25, -0.2) is 0 Å². The largest absolute Gasteiger partial charge is 0.354 e. The maximum absolute atomic E-state index is 5.20.